The molecule has 9 heteroatoms. The second-order valence-electron chi connectivity index (χ2n) is 2.13. The van der Waals surface area contributed by atoms with Crippen molar-refractivity contribution < 1.29 is 35.1 Å². The van der Waals surface area contributed by atoms with Crippen LogP contribution in [0.15, 0.2) is 11.8 Å². The molecule has 0 fully saturated rings. The summed E-state index contributed by atoms with van der Waals surface area (Å²) in [7, 11) is -0.137. The van der Waals surface area contributed by atoms with E-state index in [1.165, 1.54) is 0 Å². The number of alkyl halides is 6. The van der Waals surface area contributed by atoms with Crippen LogP contribution in [0.2, 0.25) is 0 Å². The number of hydrogen-bond acceptors (Lipinski definition) is 1. The Morgan fingerprint density at radius 3 is 1.36 bits per heavy atom. The zero-order valence-corrected chi connectivity index (χ0v) is 6.47. The highest BCUT2D eigenvalue weighted by Crippen LogP contribution is 2.36. The molecule has 84 valence electrons. The topological polar surface area (TPSA) is 3.24 Å². The van der Waals surface area contributed by atoms with Crippen molar-refractivity contribution in [2.24, 2.45) is 0 Å². The normalized spacial score (nSPS) is 12.6. The maximum Gasteiger partial charge on any atom is 0.484 e. The highest BCUT2D eigenvalue weighted by molar-refractivity contribution is 5.08. The minimum atomic E-state index is -5.75. The summed E-state index contributed by atoms with van der Waals surface area (Å²) in [6.45, 7) is 0. The molecule has 1 nitrogen and oxygen atoms in total. The first kappa shape index (κ1) is 13.0. The Kier molecular flexibility index (Phi) is 3.35. The fourth-order valence-electron chi connectivity index (χ4n) is 0.551. The Morgan fingerprint density at radius 1 is 0.929 bits per heavy atom. The standard InChI is InChI=1S/C5H3F8N/c1-14(5(11,12)13)2(3(6)7)4(8,9)10/h1H3. The molecule has 0 aromatic carbocycles. The third-order valence-electron chi connectivity index (χ3n) is 1.16. The van der Waals surface area contributed by atoms with Gasteiger partial charge in [0.2, 0.25) is 0 Å². The van der Waals surface area contributed by atoms with Crippen molar-refractivity contribution in [1.29, 1.82) is 0 Å². The minimum absolute atomic E-state index is 0.137. The van der Waals surface area contributed by atoms with E-state index in [0.29, 0.717) is 0 Å². The van der Waals surface area contributed by atoms with Gasteiger partial charge in [-0.05, 0) is 0 Å². The van der Waals surface area contributed by atoms with Crippen molar-refractivity contribution in [2.75, 3.05) is 7.05 Å². The van der Waals surface area contributed by atoms with E-state index in [2.05, 4.69) is 0 Å². The minimum Gasteiger partial charge on any atom is -0.278 e. The van der Waals surface area contributed by atoms with Crippen LogP contribution in [0.3, 0.4) is 0 Å². The van der Waals surface area contributed by atoms with Gasteiger partial charge in [0.1, 0.15) is 0 Å². The lowest BCUT2D eigenvalue weighted by atomic mass is 10.4. The van der Waals surface area contributed by atoms with Gasteiger partial charge in [0, 0.05) is 7.05 Å². The lowest BCUT2D eigenvalue weighted by Crippen LogP contribution is -2.39. The summed E-state index contributed by atoms with van der Waals surface area (Å²) in [6, 6.07) is 0. The van der Waals surface area contributed by atoms with E-state index < -0.39 is 29.2 Å². The molecule has 14 heavy (non-hydrogen) atoms. The second-order valence-corrected chi connectivity index (χ2v) is 2.13. The van der Waals surface area contributed by atoms with Gasteiger partial charge in [-0.15, -0.1) is 0 Å². The van der Waals surface area contributed by atoms with E-state index in [4.69, 9.17) is 0 Å². The van der Waals surface area contributed by atoms with Gasteiger partial charge in [-0.3, -0.25) is 4.90 Å². The van der Waals surface area contributed by atoms with Crippen LogP contribution in [0.4, 0.5) is 35.1 Å². The fraction of sp³-hybridized carbons (Fsp3) is 0.600. The van der Waals surface area contributed by atoms with Crippen LogP contribution in [0.5, 0.6) is 0 Å². The Morgan fingerprint density at radius 2 is 1.29 bits per heavy atom. The zero-order valence-electron chi connectivity index (χ0n) is 6.47. The summed E-state index contributed by atoms with van der Waals surface area (Å²) in [4.78, 5) is -1.48. The highest BCUT2D eigenvalue weighted by atomic mass is 19.4. The molecule has 0 unspecified atom stereocenters. The SMILES string of the molecule is CN(C(=C(F)F)C(F)(F)F)C(F)(F)F. The molecule has 0 saturated carbocycles. The molecule has 0 amide bonds. The van der Waals surface area contributed by atoms with Crippen LogP contribution in [0.25, 0.3) is 0 Å². The van der Waals surface area contributed by atoms with Crippen LogP contribution in [0, 0.1) is 0 Å². The molecule has 0 heterocycles. The Balaban J connectivity index is 5.20. The molecule has 0 spiro atoms. The second kappa shape index (κ2) is 3.62. The van der Waals surface area contributed by atoms with Crippen LogP contribution in [0.1, 0.15) is 0 Å². The molecule has 0 rings (SSSR count). The predicted molar refractivity (Wildman–Crippen MR) is 29.1 cm³/mol. The molecule has 0 aliphatic heterocycles. The third-order valence-corrected chi connectivity index (χ3v) is 1.16. The maximum atomic E-state index is 11.7. The number of allylic oxidation sites excluding steroid dienone is 1. The van der Waals surface area contributed by atoms with Gasteiger partial charge in [0.25, 0.3) is 6.08 Å². The van der Waals surface area contributed by atoms with Crippen LogP contribution in [-0.2, 0) is 0 Å². The smallest absolute Gasteiger partial charge is 0.278 e. The Labute approximate surface area is 72.6 Å². The monoisotopic (exact) mass is 229 g/mol. The van der Waals surface area contributed by atoms with E-state index in [1.807, 2.05) is 0 Å². The first-order valence-electron chi connectivity index (χ1n) is 2.91. The van der Waals surface area contributed by atoms with Gasteiger partial charge in [0.05, 0.1) is 0 Å². The van der Waals surface area contributed by atoms with Gasteiger partial charge in [0.15, 0.2) is 5.70 Å². The van der Waals surface area contributed by atoms with Crippen molar-refractivity contribution in [3.05, 3.63) is 11.8 Å². The molecule has 0 aliphatic carbocycles. The summed E-state index contributed by atoms with van der Waals surface area (Å²) in [6.07, 6.45) is -14.7. The summed E-state index contributed by atoms with van der Waals surface area (Å²) in [5.41, 5.74) is -3.01. The summed E-state index contributed by atoms with van der Waals surface area (Å²) < 4.78 is 93.1. The van der Waals surface area contributed by atoms with E-state index in [0.717, 1.165) is 0 Å². The zero-order chi connectivity index (χ0) is 11.7. The first-order valence-corrected chi connectivity index (χ1v) is 2.91. The quantitative estimate of drug-likeness (QED) is 0.493. The molecule has 0 aliphatic rings. The van der Waals surface area contributed by atoms with Crippen LogP contribution >= 0.6 is 0 Å². The van der Waals surface area contributed by atoms with Crippen molar-refractivity contribution in [3.8, 4) is 0 Å². The lowest BCUT2D eigenvalue weighted by molar-refractivity contribution is -0.246. The molecule has 0 bridgehead atoms. The molecule has 0 saturated heterocycles. The molecule has 0 N–H and O–H groups in total. The molecule has 0 aromatic rings. The van der Waals surface area contributed by atoms with E-state index in [1.54, 1.807) is 0 Å². The average Bonchev–Trinajstić information content (AvgIpc) is 1.79. The molecule has 0 aromatic heterocycles. The van der Waals surface area contributed by atoms with Gasteiger partial charge in [-0.25, -0.2) is 0 Å². The molecular weight excluding hydrogens is 226 g/mol. The number of halogens is 8. The number of nitrogens with zero attached hydrogens (tertiary/aromatic N) is 1. The summed E-state index contributed by atoms with van der Waals surface area (Å²) >= 11 is 0. The van der Waals surface area contributed by atoms with Gasteiger partial charge in [-0.2, -0.15) is 35.1 Å². The van der Waals surface area contributed by atoms with Gasteiger partial charge in [-0.1, -0.05) is 0 Å². The fourth-order valence-corrected chi connectivity index (χ4v) is 0.551. The predicted octanol–water partition coefficient (Wildman–Crippen LogP) is 3.11. The number of hydrogen-bond donors (Lipinski definition) is 0. The van der Waals surface area contributed by atoms with Crippen molar-refractivity contribution >= 4 is 0 Å². The maximum absolute atomic E-state index is 11.7. The lowest BCUT2D eigenvalue weighted by Gasteiger charge is -2.25. The number of rotatable bonds is 1. The van der Waals surface area contributed by atoms with E-state index in [9.17, 15) is 35.1 Å². The van der Waals surface area contributed by atoms with Gasteiger partial charge < -0.3 is 0 Å². The highest BCUT2D eigenvalue weighted by Gasteiger charge is 2.49. The third kappa shape index (κ3) is 3.04. The average molecular weight is 229 g/mol. The summed E-state index contributed by atoms with van der Waals surface area (Å²) in [5.74, 6) is 0. The van der Waals surface area contributed by atoms with Crippen LogP contribution < -0.4 is 0 Å². The van der Waals surface area contributed by atoms with Gasteiger partial charge >= 0.3 is 12.5 Å². The van der Waals surface area contributed by atoms with Crippen molar-refractivity contribution in [3.63, 3.8) is 0 Å². The van der Waals surface area contributed by atoms with E-state index >= 15 is 0 Å². The summed E-state index contributed by atoms with van der Waals surface area (Å²) in [5, 5.41) is 0. The van der Waals surface area contributed by atoms with Crippen LogP contribution in [-0.4, -0.2) is 24.4 Å². The molecule has 0 atom stereocenters. The molecular formula is C5H3F8N. The molecule has 0 radical (unpaired) electrons. The first-order chi connectivity index (χ1) is 5.98. The van der Waals surface area contributed by atoms with Crippen molar-refractivity contribution in [2.45, 2.75) is 12.5 Å². The Bertz CT molecular complexity index is 231. The Hall–Kier alpha value is -1.02. The largest absolute Gasteiger partial charge is 0.484 e. The van der Waals surface area contributed by atoms with Crippen molar-refractivity contribution in [1.82, 2.24) is 4.90 Å². The van der Waals surface area contributed by atoms with E-state index in [-0.39, 0.29) is 7.05 Å².